The quantitative estimate of drug-likeness (QED) is 0.845. The SMILES string of the molecule is CC(C)OC(=O)C(O)(/C=C/c1ccccc1)C1CCC1=O. The fourth-order valence-corrected chi connectivity index (χ4v) is 2.29. The molecule has 0 saturated heterocycles. The highest BCUT2D eigenvalue weighted by Crippen LogP contribution is 2.35. The van der Waals surface area contributed by atoms with Gasteiger partial charge in [-0.15, -0.1) is 0 Å². The van der Waals surface area contributed by atoms with Crippen LogP contribution < -0.4 is 0 Å². The van der Waals surface area contributed by atoms with Crippen molar-refractivity contribution in [3.05, 3.63) is 42.0 Å². The molecular formula is C17H20O4. The minimum Gasteiger partial charge on any atom is -0.461 e. The van der Waals surface area contributed by atoms with Crippen LogP contribution in [-0.4, -0.2) is 28.6 Å². The van der Waals surface area contributed by atoms with E-state index in [2.05, 4.69) is 0 Å². The van der Waals surface area contributed by atoms with E-state index in [0.29, 0.717) is 12.8 Å². The predicted octanol–water partition coefficient (Wildman–Crippen LogP) is 2.36. The molecule has 1 N–H and O–H groups in total. The maximum Gasteiger partial charge on any atom is 0.343 e. The summed E-state index contributed by atoms with van der Waals surface area (Å²) >= 11 is 0. The van der Waals surface area contributed by atoms with Gasteiger partial charge in [-0.05, 0) is 31.9 Å². The highest BCUT2D eigenvalue weighted by Gasteiger charge is 2.51. The summed E-state index contributed by atoms with van der Waals surface area (Å²) in [5, 5.41) is 10.7. The lowest BCUT2D eigenvalue weighted by atomic mass is 9.71. The molecule has 0 bridgehead atoms. The standard InChI is InChI=1S/C17H20O4/c1-12(2)21-16(19)17(20,14-8-9-15(14)18)11-10-13-6-4-3-5-7-13/h3-7,10-12,14,20H,8-9H2,1-2H3/b11-10+. The zero-order valence-corrected chi connectivity index (χ0v) is 12.3. The molecule has 2 atom stereocenters. The van der Waals surface area contributed by atoms with Gasteiger partial charge in [-0.2, -0.15) is 0 Å². The van der Waals surface area contributed by atoms with E-state index in [-0.39, 0.29) is 11.9 Å². The van der Waals surface area contributed by atoms with Crippen molar-refractivity contribution in [3.8, 4) is 0 Å². The van der Waals surface area contributed by atoms with Crippen LogP contribution in [0, 0.1) is 5.92 Å². The van der Waals surface area contributed by atoms with Gasteiger partial charge in [-0.1, -0.05) is 36.4 Å². The molecule has 0 heterocycles. The van der Waals surface area contributed by atoms with Crippen LogP contribution in [0.25, 0.3) is 6.08 Å². The highest BCUT2D eigenvalue weighted by molar-refractivity contribution is 5.96. The molecular weight excluding hydrogens is 268 g/mol. The van der Waals surface area contributed by atoms with Crippen molar-refractivity contribution in [2.75, 3.05) is 0 Å². The van der Waals surface area contributed by atoms with Crippen LogP contribution >= 0.6 is 0 Å². The van der Waals surface area contributed by atoms with Crippen molar-refractivity contribution in [1.29, 1.82) is 0 Å². The predicted molar refractivity (Wildman–Crippen MR) is 79.4 cm³/mol. The normalized spacial score (nSPS) is 21.1. The number of ether oxygens (including phenoxy) is 1. The van der Waals surface area contributed by atoms with Crippen LogP contribution in [0.2, 0.25) is 0 Å². The van der Waals surface area contributed by atoms with E-state index in [1.165, 1.54) is 6.08 Å². The van der Waals surface area contributed by atoms with E-state index < -0.39 is 17.5 Å². The van der Waals surface area contributed by atoms with Crippen LogP contribution in [0.1, 0.15) is 32.3 Å². The number of carbonyl (C=O) groups is 2. The number of carbonyl (C=O) groups excluding carboxylic acids is 2. The number of rotatable bonds is 5. The summed E-state index contributed by atoms with van der Waals surface area (Å²) in [6, 6.07) is 9.31. The van der Waals surface area contributed by atoms with Gasteiger partial charge in [-0.25, -0.2) is 4.79 Å². The van der Waals surface area contributed by atoms with E-state index in [1.807, 2.05) is 30.3 Å². The zero-order valence-electron chi connectivity index (χ0n) is 12.3. The van der Waals surface area contributed by atoms with Gasteiger partial charge in [0.1, 0.15) is 5.78 Å². The topological polar surface area (TPSA) is 63.6 Å². The second-order valence-corrected chi connectivity index (χ2v) is 5.58. The third-order valence-electron chi connectivity index (χ3n) is 3.60. The first-order valence-corrected chi connectivity index (χ1v) is 7.14. The monoisotopic (exact) mass is 288 g/mol. The minimum atomic E-state index is -1.88. The van der Waals surface area contributed by atoms with Gasteiger partial charge in [0.25, 0.3) is 0 Å². The van der Waals surface area contributed by atoms with Crippen LogP contribution in [-0.2, 0) is 14.3 Å². The molecule has 0 aromatic heterocycles. The molecule has 4 heteroatoms. The molecule has 0 amide bonds. The fraction of sp³-hybridized carbons (Fsp3) is 0.412. The van der Waals surface area contributed by atoms with Gasteiger partial charge in [0.2, 0.25) is 0 Å². The van der Waals surface area contributed by atoms with Gasteiger partial charge in [-0.3, -0.25) is 4.79 Å². The van der Waals surface area contributed by atoms with Crippen LogP contribution in [0.3, 0.4) is 0 Å². The van der Waals surface area contributed by atoms with Gasteiger partial charge >= 0.3 is 5.97 Å². The molecule has 2 unspecified atom stereocenters. The summed E-state index contributed by atoms with van der Waals surface area (Å²) in [7, 11) is 0. The number of aliphatic hydroxyl groups is 1. The third-order valence-corrected chi connectivity index (χ3v) is 3.60. The average molecular weight is 288 g/mol. The molecule has 4 nitrogen and oxygen atoms in total. The molecule has 0 radical (unpaired) electrons. The summed E-state index contributed by atoms with van der Waals surface area (Å²) in [6.45, 7) is 3.42. The second kappa shape index (κ2) is 6.22. The first-order chi connectivity index (χ1) is 9.93. The largest absolute Gasteiger partial charge is 0.461 e. The van der Waals surface area contributed by atoms with E-state index in [1.54, 1.807) is 19.9 Å². The number of ketones is 1. The minimum absolute atomic E-state index is 0.101. The van der Waals surface area contributed by atoms with E-state index in [9.17, 15) is 14.7 Å². The van der Waals surface area contributed by atoms with Crippen LogP contribution in [0.5, 0.6) is 0 Å². The zero-order chi connectivity index (χ0) is 15.5. The maximum absolute atomic E-state index is 12.2. The van der Waals surface area contributed by atoms with Crippen molar-refractivity contribution in [1.82, 2.24) is 0 Å². The number of Topliss-reactive ketones (excluding diaryl/α,β-unsaturated/α-hetero) is 1. The molecule has 21 heavy (non-hydrogen) atoms. The molecule has 1 aromatic carbocycles. The van der Waals surface area contributed by atoms with Crippen molar-refractivity contribution < 1.29 is 19.4 Å². The first-order valence-electron chi connectivity index (χ1n) is 7.14. The van der Waals surface area contributed by atoms with E-state index in [0.717, 1.165) is 5.56 Å². The van der Waals surface area contributed by atoms with Gasteiger partial charge in [0.15, 0.2) is 5.60 Å². The Morgan fingerprint density at radius 3 is 2.52 bits per heavy atom. The maximum atomic E-state index is 12.2. The van der Waals surface area contributed by atoms with Crippen molar-refractivity contribution >= 4 is 17.8 Å². The Labute approximate surface area is 124 Å². The molecule has 0 aliphatic heterocycles. The van der Waals surface area contributed by atoms with Crippen molar-refractivity contribution in [3.63, 3.8) is 0 Å². The first kappa shape index (κ1) is 15.4. The molecule has 0 spiro atoms. The summed E-state index contributed by atoms with van der Waals surface area (Å²) in [4.78, 5) is 23.9. The molecule has 1 aliphatic rings. The number of hydrogen-bond acceptors (Lipinski definition) is 4. The average Bonchev–Trinajstić information content (AvgIpc) is 2.44. The Balaban J connectivity index is 2.25. The van der Waals surface area contributed by atoms with Crippen molar-refractivity contribution in [2.24, 2.45) is 5.92 Å². The third kappa shape index (κ3) is 3.39. The van der Waals surface area contributed by atoms with Gasteiger partial charge < -0.3 is 9.84 Å². The van der Waals surface area contributed by atoms with Crippen LogP contribution in [0.4, 0.5) is 0 Å². The van der Waals surface area contributed by atoms with E-state index >= 15 is 0 Å². The Morgan fingerprint density at radius 2 is 2.05 bits per heavy atom. The molecule has 2 rings (SSSR count). The van der Waals surface area contributed by atoms with Gasteiger partial charge in [0.05, 0.1) is 12.0 Å². The smallest absolute Gasteiger partial charge is 0.343 e. The van der Waals surface area contributed by atoms with E-state index in [4.69, 9.17) is 4.74 Å². The molecule has 1 saturated carbocycles. The lowest BCUT2D eigenvalue weighted by molar-refractivity contribution is -0.175. The lowest BCUT2D eigenvalue weighted by Gasteiger charge is -2.36. The fourth-order valence-electron chi connectivity index (χ4n) is 2.29. The molecule has 1 aliphatic carbocycles. The Bertz CT molecular complexity index is 547. The summed E-state index contributed by atoms with van der Waals surface area (Å²) in [5.74, 6) is -1.57. The van der Waals surface area contributed by atoms with Crippen molar-refractivity contribution in [2.45, 2.75) is 38.4 Å². The lowest BCUT2D eigenvalue weighted by Crippen LogP contribution is -2.53. The Kier molecular flexibility index (Phi) is 4.58. The molecule has 112 valence electrons. The number of esters is 1. The summed E-state index contributed by atoms with van der Waals surface area (Å²) in [6.07, 6.45) is 3.59. The molecule has 1 fully saturated rings. The Morgan fingerprint density at radius 1 is 1.38 bits per heavy atom. The second-order valence-electron chi connectivity index (χ2n) is 5.58. The summed E-state index contributed by atoms with van der Waals surface area (Å²) in [5.41, 5.74) is -1.03. The van der Waals surface area contributed by atoms with Crippen LogP contribution in [0.15, 0.2) is 36.4 Å². The summed E-state index contributed by atoms with van der Waals surface area (Å²) < 4.78 is 5.12. The number of benzene rings is 1. The number of hydrogen-bond donors (Lipinski definition) is 1. The van der Waals surface area contributed by atoms with Gasteiger partial charge in [0, 0.05) is 6.42 Å². The highest BCUT2D eigenvalue weighted by atomic mass is 16.6. The Hall–Kier alpha value is -1.94. The molecule has 1 aromatic rings.